The molecular formula is C12H12O2. The van der Waals surface area contributed by atoms with Crippen molar-refractivity contribution in [2.45, 2.75) is 6.42 Å². The zero-order valence-corrected chi connectivity index (χ0v) is 7.85. The Balaban J connectivity index is 1.93. The van der Waals surface area contributed by atoms with Crippen molar-refractivity contribution in [2.75, 3.05) is 0 Å². The number of carbonyl (C=O) groups excluding carboxylic acids is 1. The second-order valence-electron chi connectivity index (χ2n) is 3.48. The average Bonchev–Trinajstić information content (AvgIpc) is 2.98. The van der Waals surface area contributed by atoms with Crippen molar-refractivity contribution in [1.82, 2.24) is 0 Å². The van der Waals surface area contributed by atoms with Gasteiger partial charge in [-0.1, -0.05) is 24.3 Å². The maximum absolute atomic E-state index is 11.5. The Hall–Kier alpha value is -1.57. The number of para-hydroxylation sites is 1. The molecule has 0 aliphatic heterocycles. The molecule has 1 saturated carbocycles. The topological polar surface area (TPSA) is 26.3 Å². The summed E-state index contributed by atoms with van der Waals surface area (Å²) in [7, 11) is 0. The Morgan fingerprint density at radius 1 is 1.43 bits per heavy atom. The predicted molar refractivity (Wildman–Crippen MR) is 53.9 cm³/mol. The van der Waals surface area contributed by atoms with Gasteiger partial charge in [0.05, 0.1) is 5.92 Å². The second kappa shape index (κ2) is 3.66. The van der Waals surface area contributed by atoms with Crippen LogP contribution in [0.1, 0.15) is 6.42 Å². The molecule has 2 atom stereocenters. The second-order valence-corrected chi connectivity index (χ2v) is 3.48. The van der Waals surface area contributed by atoms with Crippen molar-refractivity contribution in [3.63, 3.8) is 0 Å². The maximum atomic E-state index is 11.5. The van der Waals surface area contributed by atoms with E-state index in [-0.39, 0.29) is 11.9 Å². The van der Waals surface area contributed by atoms with E-state index in [0.717, 1.165) is 6.42 Å². The number of benzene rings is 1. The van der Waals surface area contributed by atoms with Gasteiger partial charge in [0.15, 0.2) is 0 Å². The van der Waals surface area contributed by atoms with Gasteiger partial charge in [0, 0.05) is 0 Å². The molecular weight excluding hydrogens is 176 g/mol. The van der Waals surface area contributed by atoms with E-state index in [4.69, 9.17) is 4.74 Å². The van der Waals surface area contributed by atoms with Crippen LogP contribution in [0.25, 0.3) is 0 Å². The smallest absolute Gasteiger partial charge is 0.314 e. The first-order valence-electron chi connectivity index (χ1n) is 4.70. The first kappa shape index (κ1) is 9.00. The lowest BCUT2D eigenvalue weighted by atomic mass is 10.3. The van der Waals surface area contributed by atoms with Gasteiger partial charge >= 0.3 is 5.97 Å². The summed E-state index contributed by atoms with van der Waals surface area (Å²) < 4.78 is 5.18. The number of hydrogen-bond acceptors (Lipinski definition) is 2. The summed E-state index contributed by atoms with van der Waals surface area (Å²) in [4.78, 5) is 11.5. The molecule has 0 spiro atoms. The molecule has 0 bridgehead atoms. The van der Waals surface area contributed by atoms with E-state index in [9.17, 15) is 4.79 Å². The van der Waals surface area contributed by atoms with Gasteiger partial charge in [0.2, 0.25) is 0 Å². The summed E-state index contributed by atoms with van der Waals surface area (Å²) >= 11 is 0. The van der Waals surface area contributed by atoms with Gasteiger partial charge in [-0.25, -0.2) is 0 Å². The molecule has 72 valence electrons. The standard InChI is InChI=1S/C12H12O2/c1-2-9-8-11(9)12(13)14-10-6-4-3-5-7-10/h2-7,9,11H,1,8H2. The van der Waals surface area contributed by atoms with Crippen LogP contribution >= 0.6 is 0 Å². The molecule has 1 aliphatic rings. The van der Waals surface area contributed by atoms with Crippen LogP contribution in [0.4, 0.5) is 0 Å². The third-order valence-corrected chi connectivity index (χ3v) is 2.41. The number of hydrogen-bond donors (Lipinski definition) is 0. The molecule has 2 nitrogen and oxygen atoms in total. The molecule has 1 fully saturated rings. The predicted octanol–water partition coefficient (Wildman–Crippen LogP) is 2.41. The molecule has 0 amide bonds. The van der Waals surface area contributed by atoms with Crippen LogP contribution in [-0.4, -0.2) is 5.97 Å². The van der Waals surface area contributed by atoms with Crippen molar-refractivity contribution < 1.29 is 9.53 Å². The number of allylic oxidation sites excluding steroid dienone is 1. The highest BCUT2D eigenvalue weighted by Crippen LogP contribution is 2.40. The third-order valence-electron chi connectivity index (χ3n) is 2.41. The summed E-state index contributed by atoms with van der Waals surface area (Å²) in [6, 6.07) is 9.15. The van der Waals surface area contributed by atoms with Crippen LogP contribution in [-0.2, 0) is 4.79 Å². The number of ether oxygens (including phenoxy) is 1. The largest absolute Gasteiger partial charge is 0.426 e. The Morgan fingerprint density at radius 2 is 2.14 bits per heavy atom. The quantitative estimate of drug-likeness (QED) is 0.413. The van der Waals surface area contributed by atoms with Gasteiger partial charge < -0.3 is 4.74 Å². The van der Waals surface area contributed by atoms with Gasteiger partial charge in [-0.15, -0.1) is 6.58 Å². The van der Waals surface area contributed by atoms with Crippen molar-refractivity contribution in [1.29, 1.82) is 0 Å². The maximum Gasteiger partial charge on any atom is 0.314 e. The Morgan fingerprint density at radius 3 is 2.71 bits per heavy atom. The molecule has 0 heterocycles. The molecule has 2 unspecified atom stereocenters. The van der Waals surface area contributed by atoms with Crippen LogP contribution in [0.5, 0.6) is 5.75 Å². The van der Waals surface area contributed by atoms with E-state index < -0.39 is 0 Å². The Kier molecular flexibility index (Phi) is 2.35. The van der Waals surface area contributed by atoms with Crippen LogP contribution in [0.3, 0.4) is 0 Å². The van der Waals surface area contributed by atoms with E-state index >= 15 is 0 Å². The highest BCUT2D eigenvalue weighted by atomic mass is 16.5. The molecule has 1 aliphatic carbocycles. The van der Waals surface area contributed by atoms with E-state index in [1.807, 2.05) is 24.3 Å². The van der Waals surface area contributed by atoms with E-state index in [1.54, 1.807) is 12.1 Å². The summed E-state index contributed by atoms with van der Waals surface area (Å²) in [5.74, 6) is 0.840. The molecule has 14 heavy (non-hydrogen) atoms. The summed E-state index contributed by atoms with van der Waals surface area (Å²) in [6.45, 7) is 3.65. The van der Waals surface area contributed by atoms with Gasteiger partial charge in [-0.3, -0.25) is 4.79 Å². The number of esters is 1. The van der Waals surface area contributed by atoms with Crippen LogP contribution in [0.15, 0.2) is 43.0 Å². The summed E-state index contributed by atoms with van der Waals surface area (Å²) in [5.41, 5.74) is 0. The van der Waals surface area contributed by atoms with Crippen molar-refractivity contribution in [2.24, 2.45) is 11.8 Å². The van der Waals surface area contributed by atoms with Crippen molar-refractivity contribution in [3.05, 3.63) is 43.0 Å². The number of carbonyl (C=O) groups is 1. The molecule has 0 aromatic heterocycles. The zero-order chi connectivity index (χ0) is 9.97. The minimum atomic E-state index is -0.138. The SMILES string of the molecule is C=CC1CC1C(=O)Oc1ccccc1. The molecule has 1 aromatic rings. The van der Waals surface area contributed by atoms with Crippen molar-refractivity contribution in [3.8, 4) is 5.75 Å². The summed E-state index contributed by atoms with van der Waals surface area (Å²) in [5, 5.41) is 0. The molecule has 0 radical (unpaired) electrons. The van der Waals surface area contributed by atoms with Gasteiger partial charge in [-0.05, 0) is 24.5 Å². The minimum Gasteiger partial charge on any atom is -0.426 e. The monoisotopic (exact) mass is 188 g/mol. The fourth-order valence-electron chi connectivity index (χ4n) is 1.43. The number of rotatable bonds is 3. The molecule has 1 aromatic carbocycles. The molecule has 2 heteroatoms. The highest BCUT2D eigenvalue weighted by molar-refractivity contribution is 5.78. The van der Waals surface area contributed by atoms with E-state index in [2.05, 4.69) is 6.58 Å². The minimum absolute atomic E-state index is 0.0349. The van der Waals surface area contributed by atoms with Crippen LogP contribution in [0, 0.1) is 11.8 Å². The molecule has 2 rings (SSSR count). The fraction of sp³-hybridized carbons (Fsp3) is 0.250. The third kappa shape index (κ3) is 1.84. The van der Waals surface area contributed by atoms with E-state index in [1.165, 1.54) is 0 Å². The zero-order valence-electron chi connectivity index (χ0n) is 7.85. The fourth-order valence-corrected chi connectivity index (χ4v) is 1.43. The first-order chi connectivity index (χ1) is 6.81. The Labute approximate surface area is 83.2 Å². The lowest BCUT2D eigenvalue weighted by Crippen LogP contribution is -2.10. The normalized spacial score (nSPS) is 24.0. The van der Waals surface area contributed by atoms with Gasteiger partial charge in [-0.2, -0.15) is 0 Å². The molecule has 0 N–H and O–H groups in total. The van der Waals surface area contributed by atoms with Crippen LogP contribution < -0.4 is 4.74 Å². The lowest BCUT2D eigenvalue weighted by molar-refractivity contribution is -0.136. The van der Waals surface area contributed by atoms with Crippen molar-refractivity contribution >= 4 is 5.97 Å². The van der Waals surface area contributed by atoms with Crippen LogP contribution in [0.2, 0.25) is 0 Å². The van der Waals surface area contributed by atoms with E-state index in [0.29, 0.717) is 11.7 Å². The Bertz CT molecular complexity index is 343. The first-order valence-corrected chi connectivity index (χ1v) is 4.70. The van der Waals surface area contributed by atoms with Gasteiger partial charge in [0.1, 0.15) is 5.75 Å². The van der Waals surface area contributed by atoms with Gasteiger partial charge in [0.25, 0.3) is 0 Å². The average molecular weight is 188 g/mol. The summed E-state index contributed by atoms with van der Waals surface area (Å²) in [6.07, 6.45) is 2.70. The molecule has 0 saturated heterocycles. The highest BCUT2D eigenvalue weighted by Gasteiger charge is 2.42. The lowest BCUT2D eigenvalue weighted by Gasteiger charge is -2.01.